The van der Waals surface area contributed by atoms with E-state index in [-0.39, 0.29) is 24.5 Å². The number of ether oxygens (including phenoxy) is 2. The van der Waals surface area contributed by atoms with E-state index in [1.807, 2.05) is 6.92 Å². The number of aliphatic hydroxyl groups excluding tert-OH is 1. The quantitative estimate of drug-likeness (QED) is 0.469. The topological polar surface area (TPSA) is 89.0 Å². The van der Waals surface area contributed by atoms with Crippen molar-refractivity contribution in [3.8, 4) is 5.75 Å². The summed E-state index contributed by atoms with van der Waals surface area (Å²) in [5.41, 5.74) is 1.93. The van der Waals surface area contributed by atoms with E-state index in [2.05, 4.69) is 4.98 Å². The highest BCUT2D eigenvalue weighted by Gasteiger charge is 2.45. The number of aryl methyl sites for hydroxylation is 1. The zero-order valence-corrected chi connectivity index (χ0v) is 16.0. The van der Waals surface area contributed by atoms with Crippen LogP contribution in [-0.4, -0.2) is 54.1 Å². The van der Waals surface area contributed by atoms with Gasteiger partial charge in [-0.1, -0.05) is 6.07 Å². The van der Waals surface area contributed by atoms with Crippen LogP contribution in [0.3, 0.4) is 0 Å². The van der Waals surface area contributed by atoms with Crippen molar-refractivity contribution in [1.29, 1.82) is 0 Å². The molecule has 0 radical (unpaired) electrons. The average Bonchev–Trinajstić information content (AvgIpc) is 2.97. The fraction of sp³-hybridized carbons (Fsp3) is 0.286. The summed E-state index contributed by atoms with van der Waals surface area (Å²) in [6.45, 7) is 2.33. The monoisotopic (exact) mass is 382 g/mol. The second kappa shape index (κ2) is 8.22. The molecular weight excluding hydrogens is 360 g/mol. The number of aliphatic hydroxyl groups is 1. The largest absolute Gasteiger partial charge is 0.507 e. The van der Waals surface area contributed by atoms with Crippen molar-refractivity contribution in [3.05, 3.63) is 65.0 Å². The number of methoxy groups -OCH3 is 2. The lowest BCUT2D eigenvalue weighted by Gasteiger charge is -2.24. The minimum atomic E-state index is -0.730. The highest BCUT2D eigenvalue weighted by atomic mass is 16.5. The highest BCUT2D eigenvalue weighted by Crippen LogP contribution is 2.39. The van der Waals surface area contributed by atoms with Gasteiger partial charge in [-0.25, -0.2) is 0 Å². The van der Waals surface area contributed by atoms with Crippen LogP contribution >= 0.6 is 0 Å². The van der Waals surface area contributed by atoms with Gasteiger partial charge in [0.1, 0.15) is 11.5 Å². The molecule has 0 spiro atoms. The van der Waals surface area contributed by atoms with Crippen molar-refractivity contribution in [1.82, 2.24) is 9.88 Å². The van der Waals surface area contributed by atoms with E-state index in [0.29, 0.717) is 16.9 Å². The van der Waals surface area contributed by atoms with Gasteiger partial charge in [-0.2, -0.15) is 0 Å². The molecule has 0 bridgehead atoms. The van der Waals surface area contributed by atoms with E-state index in [1.165, 1.54) is 12.0 Å². The van der Waals surface area contributed by atoms with Gasteiger partial charge >= 0.3 is 0 Å². The van der Waals surface area contributed by atoms with Crippen LogP contribution in [0.5, 0.6) is 5.75 Å². The molecule has 1 atom stereocenters. The molecule has 1 aromatic carbocycles. The molecule has 28 heavy (non-hydrogen) atoms. The summed E-state index contributed by atoms with van der Waals surface area (Å²) < 4.78 is 10.3. The maximum absolute atomic E-state index is 12.8. The van der Waals surface area contributed by atoms with E-state index in [9.17, 15) is 14.7 Å². The van der Waals surface area contributed by atoms with E-state index in [1.54, 1.807) is 49.8 Å². The summed E-state index contributed by atoms with van der Waals surface area (Å²) >= 11 is 0. The van der Waals surface area contributed by atoms with Gasteiger partial charge in [-0.05, 0) is 42.3 Å². The third kappa shape index (κ3) is 3.48. The molecule has 1 fully saturated rings. The first-order chi connectivity index (χ1) is 13.5. The zero-order valence-electron chi connectivity index (χ0n) is 16.0. The van der Waals surface area contributed by atoms with Crippen LogP contribution in [0.4, 0.5) is 0 Å². The molecule has 1 saturated heterocycles. The zero-order chi connectivity index (χ0) is 20.3. The summed E-state index contributed by atoms with van der Waals surface area (Å²) in [5, 5.41) is 11.0. The number of rotatable bonds is 6. The fourth-order valence-electron chi connectivity index (χ4n) is 3.37. The van der Waals surface area contributed by atoms with Crippen molar-refractivity contribution in [2.24, 2.45) is 0 Å². The van der Waals surface area contributed by atoms with Gasteiger partial charge in [0.2, 0.25) is 0 Å². The number of Topliss-reactive ketones (excluding diaryl/α,β-unsaturated/α-hetero) is 1. The van der Waals surface area contributed by atoms with Crippen molar-refractivity contribution >= 4 is 17.4 Å². The van der Waals surface area contributed by atoms with Crippen LogP contribution in [0.2, 0.25) is 0 Å². The fourth-order valence-corrected chi connectivity index (χ4v) is 3.37. The van der Waals surface area contributed by atoms with Gasteiger partial charge in [0.25, 0.3) is 11.7 Å². The number of hydrogen-bond donors (Lipinski definition) is 1. The minimum Gasteiger partial charge on any atom is -0.507 e. The van der Waals surface area contributed by atoms with Gasteiger partial charge in [-0.15, -0.1) is 0 Å². The number of amides is 1. The maximum Gasteiger partial charge on any atom is 0.295 e. The SMILES string of the molecule is COCCN1C(=O)C(=O)/C(=C(/O)c2ccc(OC)c(C)c2)[C@@H]1c1cccnc1. The number of pyridine rings is 1. The van der Waals surface area contributed by atoms with Crippen molar-refractivity contribution in [2.45, 2.75) is 13.0 Å². The molecule has 146 valence electrons. The smallest absolute Gasteiger partial charge is 0.295 e. The molecule has 1 amide bonds. The standard InChI is InChI=1S/C21H22N2O5/c1-13-11-14(6-7-16(13)28-3)19(24)17-18(15-5-4-8-22-12-15)23(9-10-27-2)21(26)20(17)25/h4-8,11-12,18,24H,9-10H2,1-3H3/b19-17+/t18-/m0/s1. The summed E-state index contributed by atoms with van der Waals surface area (Å²) in [4.78, 5) is 30.9. The molecule has 1 aromatic heterocycles. The molecule has 0 saturated carbocycles. The van der Waals surface area contributed by atoms with Crippen LogP contribution in [0.15, 0.2) is 48.3 Å². The molecule has 0 aliphatic carbocycles. The number of benzene rings is 1. The van der Waals surface area contributed by atoms with E-state index < -0.39 is 17.7 Å². The first-order valence-corrected chi connectivity index (χ1v) is 8.81. The predicted octanol–water partition coefficient (Wildman–Crippen LogP) is 2.47. The molecule has 7 heteroatoms. The third-order valence-electron chi connectivity index (χ3n) is 4.74. The Kier molecular flexibility index (Phi) is 5.75. The van der Waals surface area contributed by atoms with E-state index in [4.69, 9.17) is 9.47 Å². The first-order valence-electron chi connectivity index (χ1n) is 8.81. The Hall–Kier alpha value is -3.19. The second-order valence-electron chi connectivity index (χ2n) is 6.46. The third-order valence-corrected chi connectivity index (χ3v) is 4.74. The van der Waals surface area contributed by atoms with Crippen LogP contribution in [0.1, 0.15) is 22.7 Å². The predicted molar refractivity (Wildman–Crippen MR) is 103 cm³/mol. The number of ketones is 1. The van der Waals surface area contributed by atoms with Gasteiger partial charge in [0.15, 0.2) is 0 Å². The number of hydrogen-bond acceptors (Lipinski definition) is 6. The van der Waals surface area contributed by atoms with Crippen LogP contribution in [0, 0.1) is 6.92 Å². The Bertz CT molecular complexity index is 924. The Morgan fingerprint density at radius 3 is 2.64 bits per heavy atom. The molecule has 1 aliphatic heterocycles. The molecular formula is C21H22N2O5. The number of carbonyl (C=O) groups excluding carboxylic acids is 2. The lowest BCUT2D eigenvalue weighted by molar-refractivity contribution is -0.140. The molecule has 2 heterocycles. The normalized spacial score (nSPS) is 18.5. The molecule has 2 aromatic rings. The lowest BCUT2D eigenvalue weighted by atomic mass is 9.95. The maximum atomic E-state index is 12.8. The number of likely N-dealkylation sites (tertiary alicyclic amines) is 1. The molecule has 0 unspecified atom stereocenters. The summed E-state index contributed by atoms with van der Waals surface area (Å²) in [7, 11) is 3.08. The van der Waals surface area contributed by atoms with Crippen molar-refractivity contribution < 1.29 is 24.2 Å². The second-order valence-corrected chi connectivity index (χ2v) is 6.46. The van der Waals surface area contributed by atoms with Crippen LogP contribution in [0.25, 0.3) is 5.76 Å². The van der Waals surface area contributed by atoms with Crippen molar-refractivity contribution in [3.63, 3.8) is 0 Å². The lowest BCUT2D eigenvalue weighted by Crippen LogP contribution is -2.32. The number of carbonyl (C=O) groups is 2. The Balaban J connectivity index is 2.15. The molecule has 7 nitrogen and oxygen atoms in total. The minimum absolute atomic E-state index is 0.0404. The number of nitrogens with zero attached hydrogens (tertiary/aromatic N) is 2. The van der Waals surface area contributed by atoms with Gasteiger partial charge in [-0.3, -0.25) is 14.6 Å². The van der Waals surface area contributed by atoms with Crippen molar-refractivity contribution in [2.75, 3.05) is 27.4 Å². The molecule has 3 rings (SSSR count). The Morgan fingerprint density at radius 1 is 1.25 bits per heavy atom. The summed E-state index contributed by atoms with van der Waals surface area (Å²) in [6.07, 6.45) is 3.20. The highest BCUT2D eigenvalue weighted by molar-refractivity contribution is 6.46. The Morgan fingerprint density at radius 2 is 2.04 bits per heavy atom. The van der Waals surface area contributed by atoms with Crippen LogP contribution in [-0.2, 0) is 14.3 Å². The first kappa shape index (κ1) is 19.6. The number of aromatic nitrogens is 1. The van der Waals surface area contributed by atoms with Gasteiger partial charge < -0.3 is 19.5 Å². The van der Waals surface area contributed by atoms with E-state index in [0.717, 1.165) is 5.56 Å². The summed E-state index contributed by atoms with van der Waals surface area (Å²) in [5.74, 6) is -0.951. The molecule has 1 N–H and O–H groups in total. The van der Waals surface area contributed by atoms with E-state index >= 15 is 0 Å². The van der Waals surface area contributed by atoms with Gasteiger partial charge in [0, 0.05) is 31.6 Å². The average molecular weight is 382 g/mol. The summed E-state index contributed by atoms with van der Waals surface area (Å²) in [6, 6.07) is 7.86. The van der Waals surface area contributed by atoms with Gasteiger partial charge in [0.05, 0.1) is 25.3 Å². The Labute approximate surface area is 163 Å². The molecule has 1 aliphatic rings. The van der Waals surface area contributed by atoms with Crippen LogP contribution < -0.4 is 4.74 Å².